The van der Waals surface area contributed by atoms with Crippen molar-refractivity contribution in [3.63, 3.8) is 0 Å². The number of rotatable bonds is 7. The summed E-state index contributed by atoms with van der Waals surface area (Å²) in [5.41, 5.74) is 1.12. The van der Waals surface area contributed by atoms with Crippen molar-refractivity contribution < 1.29 is 28.1 Å². The van der Waals surface area contributed by atoms with E-state index < -0.39 is 18.2 Å². The zero-order valence-electron chi connectivity index (χ0n) is 14.8. The maximum atomic E-state index is 15.2. The van der Waals surface area contributed by atoms with Crippen molar-refractivity contribution in [2.45, 2.75) is 19.6 Å². The van der Waals surface area contributed by atoms with Crippen LogP contribution in [0.3, 0.4) is 0 Å². The summed E-state index contributed by atoms with van der Waals surface area (Å²) in [6, 6.07) is 3.32. The van der Waals surface area contributed by atoms with Crippen molar-refractivity contribution in [2.75, 3.05) is 57.3 Å². The molecule has 0 aromatic heterocycles. The zero-order valence-corrected chi connectivity index (χ0v) is 14.8. The first-order valence-corrected chi connectivity index (χ1v) is 8.24. The molecule has 0 unspecified atom stereocenters. The summed E-state index contributed by atoms with van der Waals surface area (Å²) in [6.07, 6.45) is -1.11. The van der Waals surface area contributed by atoms with E-state index in [1.807, 2.05) is 4.90 Å². The van der Waals surface area contributed by atoms with Gasteiger partial charge in [-0.05, 0) is 19.1 Å². The lowest BCUT2D eigenvalue weighted by Gasteiger charge is -2.30. The molecule has 1 N–H and O–H groups in total. The number of halogens is 1. The third-order valence-corrected chi connectivity index (χ3v) is 3.98. The smallest absolute Gasteiger partial charge is 0.411 e. The Balaban J connectivity index is 2.34. The van der Waals surface area contributed by atoms with E-state index >= 15 is 4.39 Å². The molecule has 25 heavy (non-hydrogen) atoms. The molecule has 0 spiro atoms. The molecule has 1 fully saturated rings. The first-order valence-electron chi connectivity index (χ1n) is 8.24. The normalized spacial score (nSPS) is 14.7. The molecule has 1 aliphatic rings. The van der Waals surface area contributed by atoms with Crippen LogP contribution in [0.5, 0.6) is 0 Å². The number of hydrogen-bond acceptors (Lipinski definition) is 6. The molecule has 0 atom stereocenters. The number of anilines is 2. The lowest BCUT2D eigenvalue weighted by Crippen LogP contribution is -2.37. The molecule has 1 aliphatic heterocycles. The first kappa shape index (κ1) is 19.4. The number of carbonyl (C=O) groups excluding carboxylic acids is 1. The molecule has 0 bridgehead atoms. The minimum Gasteiger partial charge on any atom is -0.450 e. The van der Waals surface area contributed by atoms with Gasteiger partial charge in [0.05, 0.1) is 31.2 Å². The highest BCUT2D eigenvalue weighted by Crippen LogP contribution is 2.30. The number of carbonyl (C=O) groups is 1. The van der Waals surface area contributed by atoms with Crippen LogP contribution in [0.4, 0.5) is 20.6 Å². The Labute approximate surface area is 147 Å². The molecule has 7 nitrogen and oxygen atoms in total. The van der Waals surface area contributed by atoms with Crippen LogP contribution in [0, 0.1) is 5.82 Å². The van der Waals surface area contributed by atoms with Crippen molar-refractivity contribution >= 4 is 17.5 Å². The minimum absolute atomic E-state index is 0.152. The Morgan fingerprint density at radius 1 is 1.32 bits per heavy atom. The van der Waals surface area contributed by atoms with Crippen LogP contribution in [0.2, 0.25) is 0 Å². The number of methoxy groups -OCH3 is 2. The van der Waals surface area contributed by atoms with Gasteiger partial charge >= 0.3 is 6.09 Å². The molecular weight excluding hydrogens is 331 g/mol. The van der Waals surface area contributed by atoms with Crippen LogP contribution in [-0.2, 0) is 25.4 Å². The second-order valence-corrected chi connectivity index (χ2v) is 5.47. The fourth-order valence-electron chi connectivity index (χ4n) is 2.68. The lowest BCUT2D eigenvalue weighted by atomic mass is 10.1. The third kappa shape index (κ3) is 5.04. The van der Waals surface area contributed by atoms with E-state index in [0.717, 1.165) is 0 Å². The Morgan fingerprint density at radius 2 is 2.00 bits per heavy atom. The monoisotopic (exact) mass is 356 g/mol. The molecule has 140 valence electrons. The summed E-state index contributed by atoms with van der Waals surface area (Å²) in [4.78, 5) is 13.7. The highest BCUT2D eigenvalue weighted by atomic mass is 19.1. The van der Waals surface area contributed by atoms with Crippen LogP contribution < -0.4 is 10.2 Å². The van der Waals surface area contributed by atoms with Crippen molar-refractivity contribution in [2.24, 2.45) is 0 Å². The van der Waals surface area contributed by atoms with E-state index in [2.05, 4.69) is 5.32 Å². The van der Waals surface area contributed by atoms with Crippen LogP contribution in [0.1, 0.15) is 12.5 Å². The van der Waals surface area contributed by atoms with Crippen molar-refractivity contribution in [3.05, 3.63) is 23.5 Å². The molecule has 1 aromatic rings. The van der Waals surface area contributed by atoms with Gasteiger partial charge in [-0.15, -0.1) is 0 Å². The molecule has 0 aliphatic carbocycles. The van der Waals surface area contributed by atoms with Gasteiger partial charge in [-0.1, -0.05) is 0 Å². The number of nitrogens with one attached hydrogen (secondary N) is 1. The molecule has 0 saturated carbocycles. The highest BCUT2D eigenvalue weighted by Gasteiger charge is 2.23. The molecule has 1 aromatic carbocycles. The maximum absolute atomic E-state index is 15.2. The number of nitrogens with zero attached hydrogens (tertiary/aromatic N) is 1. The van der Waals surface area contributed by atoms with Gasteiger partial charge in [0.15, 0.2) is 12.1 Å². The van der Waals surface area contributed by atoms with Gasteiger partial charge in [-0.25, -0.2) is 9.18 Å². The summed E-state index contributed by atoms with van der Waals surface area (Å²) in [6.45, 7) is 4.26. The van der Waals surface area contributed by atoms with Crippen LogP contribution in [0.15, 0.2) is 12.1 Å². The quantitative estimate of drug-likeness (QED) is 0.757. The SMILES string of the molecule is CCOC(=O)Nc1ccc(N2CCOCC2)c(F)c1CC(OC)OC. The van der Waals surface area contributed by atoms with Gasteiger partial charge in [0.25, 0.3) is 0 Å². The highest BCUT2D eigenvalue weighted by molar-refractivity contribution is 5.86. The summed E-state index contributed by atoms with van der Waals surface area (Å²) in [5.74, 6) is -0.407. The number of ether oxygens (including phenoxy) is 4. The Bertz CT molecular complexity index is 574. The first-order chi connectivity index (χ1) is 12.1. The summed E-state index contributed by atoms with van der Waals surface area (Å²) in [7, 11) is 2.96. The van der Waals surface area contributed by atoms with E-state index in [1.165, 1.54) is 14.2 Å². The van der Waals surface area contributed by atoms with E-state index in [1.54, 1.807) is 19.1 Å². The molecule has 8 heteroatoms. The predicted octanol–water partition coefficient (Wildman–Crippen LogP) is 2.39. The predicted molar refractivity (Wildman–Crippen MR) is 91.6 cm³/mol. The lowest BCUT2D eigenvalue weighted by molar-refractivity contribution is -0.101. The third-order valence-electron chi connectivity index (χ3n) is 3.98. The van der Waals surface area contributed by atoms with Gasteiger partial charge in [0.1, 0.15) is 0 Å². The number of morpholine rings is 1. The molecule has 1 saturated heterocycles. The minimum atomic E-state index is -0.631. The van der Waals surface area contributed by atoms with Gasteiger partial charge in [-0.3, -0.25) is 5.32 Å². The molecule has 2 rings (SSSR count). The second kappa shape index (κ2) is 9.55. The van der Waals surface area contributed by atoms with Gasteiger partial charge in [0.2, 0.25) is 0 Å². The van der Waals surface area contributed by atoms with Crippen LogP contribution in [0.25, 0.3) is 0 Å². The van der Waals surface area contributed by atoms with E-state index in [9.17, 15) is 4.79 Å². The van der Waals surface area contributed by atoms with Crippen molar-refractivity contribution in [3.8, 4) is 0 Å². The number of hydrogen-bond donors (Lipinski definition) is 1. The van der Waals surface area contributed by atoms with E-state index in [0.29, 0.717) is 43.2 Å². The largest absolute Gasteiger partial charge is 0.450 e. The zero-order chi connectivity index (χ0) is 18.2. The Morgan fingerprint density at radius 3 is 2.60 bits per heavy atom. The fraction of sp³-hybridized carbons (Fsp3) is 0.588. The maximum Gasteiger partial charge on any atom is 0.411 e. The van der Waals surface area contributed by atoms with E-state index in [4.69, 9.17) is 18.9 Å². The number of amides is 1. The Hall–Kier alpha value is -1.90. The molecule has 1 heterocycles. The van der Waals surface area contributed by atoms with Crippen LogP contribution in [-0.4, -0.2) is 59.5 Å². The van der Waals surface area contributed by atoms with Crippen molar-refractivity contribution in [1.29, 1.82) is 0 Å². The average Bonchev–Trinajstić information content (AvgIpc) is 2.62. The standard InChI is InChI=1S/C17H25FN2O5/c1-4-25-17(21)19-13-5-6-14(20-7-9-24-10-8-20)16(18)12(13)11-15(22-2)23-3/h5-6,15H,4,7-11H2,1-3H3,(H,19,21). The van der Waals surface area contributed by atoms with E-state index in [-0.39, 0.29) is 13.0 Å². The second-order valence-electron chi connectivity index (χ2n) is 5.47. The number of benzene rings is 1. The van der Waals surface area contributed by atoms with Gasteiger partial charge in [0, 0.05) is 39.3 Å². The van der Waals surface area contributed by atoms with Gasteiger partial charge in [-0.2, -0.15) is 0 Å². The van der Waals surface area contributed by atoms with Crippen LogP contribution >= 0.6 is 0 Å². The summed E-state index contributed by atoms with van der Waals surface area (Å²) >= 11 is 0. The topological polar surface area (TPSA) is 69.3 Å². The average molecular weight is 356 g/mol. The summed E-state index contributed by atoms with van der Waals surface area (Å²) < 4.78 is 35.8. The molecular formula is C17H25FN2O5. The van der Waals surface area contributed by atoms with Gasteiger partial charge < -0.3 is 23.8 Å². The Kier molecular flexibility index (Phi) is 7.42. The molecule has 1 amide bonds. The summed E-state index contributed by atoms with van der Waals surface area (Å²) in [5, 5.41) is 2.58. The van der Waals surface area contributed by atoms with Crippen molar-refractivity contribution in [1.82, 2.24) is 0 Å². The fourth-order valence-corrected chi connectivity index (χ4v) is 2.68. The molecule has 0 radical (unpaired) electrons.